The van der Waals surface area contributed by atoms with Gasteiger partial charge < -0.3 is 15.1 Å². The number of carbonyl (C=O) groups is 2. The van der Waals surface area contributed by atoms with Gasteiger partial charge in [-0.15, -0.1) is 0 Å². The van der Waals surface area contributed by atoms with Gasteiger partial charge in [-0.3, -0.25) is 9.59 Å². The fraction of sp³-hybridized carbons (Fsp3) is 0.550. The molecule has 6 heteroatoms. The lowest BCUT2D eigenvalue weighted by atomic mass is 9.83. The van der Waals surface area contributed by atoms with Crippen molar-refractivity contribution in [1.82, 2.24) is 15.6 Å². The molecule has 6 nitrogen and oxygen atoms in total. The molecule has 1 aliphatic carbocycles. The predicted molar refractivity (Wildman–Crippen MR) is 99.5 cm³/mol. The number of amides is 2. The lowest BCUT2D eigenvalue weighted by Gasteiger charge is -2.24. The third-order valence-electron chi connectivity index (χ3n) is 4.91. The Kier molecular flexibility index (Phi) is 6.26. The van der Waals surface area contributed by atoms with E-state index in [9.17, 15) is 9.59 Å². The Hall–Kier alpha value is -2.37. The molecule has 1 aromatic heterocycles. The number of carbonyl (C=O) groups excluding carboxylic acids is 2. The van der Waals surface area contributed by atoms with Crippen LogP contribution < -0.4 is 10.6 Å². The van der Waals surface area contributed by atoms with Crippen molar-refractivity contribution >= 4 is 22.9 Å². The van der Waals surface area contributed by atoms with Crippen LogP contribution in [0.15, 0.2) is 28.7 Å². The highest BCUT2D eigenvalue weighted by molar-refractivity contribution is 5.77. The van der Waals surface area contributed by atoms with Gasteiger partial charge in [0.25, 0.3) is 0 Å². The number of aryl methyl sites for hydroxylation is 1. The Bertz CT molecular complexity index is 719. The summed E-state index contributed by atoms with van der Waals surface area (Å²) in [5.74, 6) is 1.26. The topological polar surface area (TPSA) is 84.2 Å². The van der Waals surface area contributed by atoms with Crippen LogP contribution in [0.4, 0.5) is 0 Å². The maximum atomic E-state index is 12.1. The van der Waals surface area contributed by atoms with Crippen LogP contribution in [-0.2, 0) is 16.0 Å². The molecule has 1 heterocycles. The molecular weight excluding hydrogens is 330 g/mol. The van der Waals surface area contributed by atoms with Gasteiger partial charge in [-0.05, 0) is 44.2 Å². The predicted octanol–water partition coefficient (Wildman–Crippen LogP) is 2.96. The smallest absolute Gasteiger partial charge is 0.220 e. The van der Waals surface area contributed by atoms with E-state index >= 15 is 0 Å². The van der Waals surface area contributed by atoms with E-state index in [1.807, 2.05) is 31.2 Å². The van der Waals surface area contributed by atoms with Crippen LogP contribution in [0, 0.1) is 5.92 Å². The molecule has 1 unspecified atom stereocenters. The van der Waals surface area contributed by atoms with Gasteiger partial charge in [0.2, 0.25) is 11.8 Å². The highest BCUT2D eigenvalue weighted by Crippen LogP contribution is 2.29. The Morgan fingerprint density at radius 3 is 2.81 bits per heavy atom. The maximum absolute atomic E-state index is 12.1. The monoisotopic (exact) mass is 357 g/mol. The van der Waals surface area contributed by atoms with Crippen molar-refractivity contribution < 1.29 is 14.0 Å². The van der Waals surface area contributed by atoms with Crippen LogP contribution in [0.5, 0.6) is 0 Å². The molecule has 1 aliphatic rings. The van der Waals surface area contributed by atoms with Gasteiger partial charge in [-0.25, -0.2) is 4.98 Å². The summed E-state index contributed by atoms with van der Waals surface area (Å²) in [6.45, 7) is 2.55. The lowest BCUT2D eigenvalue weighted by molar-refractivity contribution is -0.122. The van der Waals surface area contributed by atoms with Crippen LogP contribution in [0.25, 0.3) is 11.1 Å². The SMILES string of the molecule is CC(CCNC(=O)CC1CCC1)NC(=O)CCc1nc2ccccc2o1. The first-order chi connectivity index (χ1) is 12.6. The number of hydrogen-bond donors (Lipinski definition) is 2. The van der Waals surface area contributed by atoms with Crippen LogP contribution in [-0.4, -0.2) is 29.4 Å². The molecule has 1 atom stereocenters. The number of oxazole rings is 1. The van der Waals surface area contributed by atoms with Crippen molar-refractivity contribution in [2.75, 3.05) is 6.54 Å². The number of nitrogens with zero attached hydrogens (tertiary/aromatic N) is 1. The van der Waals surface area contributed by atoms with Crippen molar-refractivity contribution in [3.05, 3.63) is 30.2 Å². The zero-order valence-corrected chi connectivity index (χ0v) is 15.3. The largest absolute Gasteiger partial charge is 0.441 e. The van der Waals surface area contributed by atoms with Crippen molar-refractivity contribution in [2.45, 2.75) is 57.9 Å². The second kappa shape index (κ2) is 8.83. The van der Waals surface area contributed by atoms with Crippen LogP contribution in [0.2, 0.25) is 0 Å². The van der Waals surface area contributed by atoms with Gasteiger partial charge in [0.1, 0.15) is 5.52 Å². The fourth-order valence-electron chi connectivity index (χ4n) is 3.13. The second-order valence-electron chi connectivity index (χ2n) is 7.18. The molecular formula is C20H27N3O3. The van der Waals surface area contributed by atoms with E-state index in [1.165, 1.54) is 19.3 Å². The minimum Gasteiger partial charge on any atom is -0.441 e. The van der Waals surface area contributed by atoms with E-state index in [2.05, 4.69) is 15.6 Å². The first-order valence-electron chi connectivity index (χ1n) is 9.50. The van der Waals surface area contributed by atoms with Gasteiger partial charge in [0, 0.05) is 31.8 Å². The Balaban J connectivity index is 1.31. The van der Waals surface area contributed by atoms with E-state index in [1.54, 1.807) is 0 Å². The third-order valence-corrected chi connectivity index (χ3v) is 4.91. The van der Waals surface area contributed by atoms with E-state index in [0.29, 0.717) is 37.6 Å². The maximum Gasteiger partial charge on any atom is 0.220 e. The van der Waals surface area contributed by atoms with Crippen molar-refractivity contribution in [3.63, 3.8) is 0 Å². The molecule has 2 aromatic rings. The van der Waals surface area contributed by atoms with Crippen molar-refractivity contribution in [2.24, 2.45) is 5.92 Å². The zero-order chi connectivity index (χ0) is 18.4. The summed E-state index contributed by atoms with van der Waals surface area (Å²) in [6, 6.07) is 7.59. The molecule has 0 radical (unpaired) electrons. The van der Waals surface area contributed by atoms with Gasteiger partial charge >= 0.3 is 0 Å². The van der Waals surface area contributed by atoms with E-state index in [0.717, 1.165) is 17.5 Å². The summed E-state index contributed by atoms with van der Waals surface area (Å²) < 4.78 is 5.62. The molecule has 1 fully saturated rings. The molecule has 0 bridgehead atoms. The molecule has 140 valence electrons. The quantitative estimate of drug-likeness (QED) is 0.723. The molecule has 1 aromatic carbocycles. The molecule has 0 aliphatic heterocycles. The van der Waals surface area contributed by atoms with Crippen molar-refractivity contribution in [3.8, 4) is 0 Å². The summed E-state index contributed by atoms with van der Waals surface area (Å²) in [5, 5.41) is 5.90. The van der Waals surface area contributed by atoms with Crippen LogP contribution in [0.3, 0.4) is 0 Å². The number of hydrogen-bond acceptors (Lipinski definition) is 4. The fourth-order valence-corrected chi connectivity index (χ4v) is 3.13. The summed E-state index contributed by atoms with van der Waals surface area (Å²) in [5.41, 5.74) is 1.56. The normalized spacial score (nSPS) is 15.4. The Morgan fingerprint density at radius 2 is 2.08 bits per heavy atom. The van der Waals surface area contributed by atoms with Gasteiger partial charge in [-0.1, -0.05) is 18.6 Å². The number of fused-ring (bicyclic) bond motifs is 1. The number of para-hydroxylation sites is 2. The number of benzene rings is 1. The average Bonchev–Trinajstić information content (AvgIpc) is 2.99. The van der Waals surface area contributed by atoms with E-state index in [4.69, 9.17) is 4.42 Å². The molecule has 2 amide bonds. The minimum absolute atomic E-state index is 0.0233. The number of rotatable bonds is 9. The summed E-state index contributed by atoms with van der Waals surface area (Å²) >= 11 is 0. The Labute approximate surface area is 153 Å². The molecule has 26 heavy (non-hydrogen) atoms. The van der Waals surface area contributed by atoms with Gasteiger partial charge in [0.15, 0.2) is 11.5 Å². The first kappa shape index (κ1) is 18.4. The summed E-state index contributed by atoms with van der Waals surface area (Å²) in [7, 11) is 0. The minimum atomic E-state index is -0.0273. The highest BCUT2D eigenvalue weighted by Gasteiger charge is 2.20. The van der Waals surface area contributed by atoms with E-state index in [-0.39, 0.29) is 17.9 Å². The molecule has 1 saturated carbocycles. The van der Waals surface area contributed by atoms with Crippen LogP contribution in [0.1, 0.15) is 51.3 Å². The molecule has 3 rings (SSSR count). The highest BCUT2D eigenvalue weighted by atomic mass is 16.3. The third kappa shape index (κ3) is 5.31. The first-order valence-corrected chi connectivity index (χ1v) is 9.50. The van der Waals surface area contributed by atoms with Gasteiger partial charge in [0.05, 0.1) is 0 Å². The van der Waals surface area contributed by atoms with Crippen molar-refractivity contribution in [1.29, 1.82) is 0 Å². The van der Waals surface area contributed by atoms with Gasteiger partial charge in [-0.2, -0.15) is 0 Å². The van der Waals surface area contributed by atoms with E-state index < -0.39 is 0 Å². The molecule has 2 N–H and O–H groups in total. The molecule has 0 saturated heterocycles. The Morgan fingerprint density at radius 1 is 1.27 bits per heavy atom. The zero-order valence-electron chi connectivity index (χ0n) is 15.3. The number of nitrogens with one attached hydrogen (secondary N) is 2. The standard InChI is InChI=1S/C20H27N3O3/c1-14(11-12-21-19(25)13-15-5-4-6-15)22-18(24)9-10-20-23-16-7-2-3-8-17(16)26-20/h2-3,7-8,14-15H,4-6,9-13H2,1H3,(H,21,25)(H,22,24). The molecule has 0 spiro atoms. The average molecular weight is 357 g/mol. The summed E-state index contributed by atoms with van der Waals surface area (Å²) in [4.78, 5) is 28.2. The summed E-state index contributed by atoms with van der Waals surface area (Å²) in [6.07, 6.45) is 5.80. The number of aromatic nitrogens is 1. The second-order valence-corrected chi connectivity index (χ2v) is 7.18. The lowest BCUT2D eigenvalue weighted by Crippen LogP contribution is -2.36. The van der Waals surface area contributed by atoms with Crippen LogP contribution >= 0.6 is 0 Å².